The standard InChI is InChI=1S/C65H76BN3/c1-17-43-29-27-35-50-59(43)68(55-40-26-22-33-48(55)65(15,16)18-2)56-41-44(67(52-37-23-19-30-45(52)61(3,4)5)53-38-24-20-31-46(53)62(6,7)8)42-57-58(56)66(50)51-36-28-34-49(64(12,13)14)60(51)69(57)54-39-25-21-32-47(54)63(9,10)11/h19-42H,17-18H2,1-16H3. The van der Waals surface area contributed by atoms with Crippen LogP contribution in [0.4, 0.5) is 51.2 Å². The largest absolute Gasteiger partial charge is 0.311 e. The third-order valence-corrected chi connectivity index (χ3v) is 15.2. The fourth-order valence-corrected chi connectivity index (χ4v) is 11.4. The zero-order valence-electron chi connectivity index (χ0n) is 44.7. The van der Waals surface area contributed by atoms with Gasteiger partial charge in [-0.15, -0.1) is 0 Å². The molecule has 2 heterocycles. The first-order chi connectivity index (χ1) is 32.5. The zero-order chi connectivity index (χ0) is 49.6. The lowest BCUT2D eigenvalue weighted by Crippen LogP contribution is -2.62. The summed E-state index contributed by atoms with van der Waals surface area (Å²) in [5.41, 5.74) is 22.5. The maximum absolute atomic E-state index is 2.70. The Bertz CT molecular complexity index is 3010. The van der Waals surface area contributed by atoms with Gasteiger partial charge in [-0.2, -0.15) is 0 Å². The number of hydrogen-bond donors (Lipinski definition) is 0. The van der Waals surface area contributed by atoms with Crippen molar-refractivity contribution in [3.8, 4) is 0 Å². The van der Waals surface area contributed by atoms with Crippen LogP contribution in [-0.4, -0.2) is 6.71 Å². The summed E-state index contributed by atoms with van der Waals surface area (Å²) in [5.74, 6) is 0. The van der Waals surface area contributed by atoms with E-state index in [9.17, 15) is 0 Å². The molecule has 2 aliphatic rings. The first-order valence-electron chi connectivity index (χ1n) is 25.7. The summed E-state index contributed by atoms with van der Waals surface area (Å²) in [6.07, 6.45) is 1.93. The number of aryl methyl sites for hydroxylation is 1. The van der Waals surface area contributed by atoms with E-state index >= 15 is 0 Å². The number of nitrogens with zero attached hydrogens (tertiary/aromatic N) is 3. The molecular formula is C65H76BN3. The van der Waals surface area contributed by atoms with Gasteiger partial charge in [0.2, 0.25) is 0 Å². The Morgan fingerprint density at radius 3 is 1.30 bits per heavy atom. The van der Waals surface area contributed by atoms with Gasteiger partial charge >= 0.3 is 0 Å². The molecule has 2 aliphatic heterocycles. The number of hydrogen-bond acceptors (Lipinski definition) is 3. The lowest BCUT2D eigenvalue weighted by atomic mass is 9.33. The van der Waals surface area contributed by atoms with Gasteiger partial charge in [-0.05, 0) is 126 Å². The molecule has 0 N–H and O–H groups in total. The molecule has 0 radical (unpaired) electrons. The molecule has 0 saturated carbocycles. The molecule has 0 amide bonds. The molecular weight excluding hydrogens is 834 g/mol. The molecule has 69 heavy (non-hydrogen) atoms. The molecule has 3 nitrogen and oxygen atoms in total. The van der Waals surface area contributed by atoms with Gasteiger partial charge in [-0.25, -0.2) is 0 Å². The third kappa shape index (κ3) is 8.20. The molecule has 0 fully saturated rings. The van der Waals surface area contributed by atoms with Crippen molar-refractivity contribution in [3.63, 3.8) is 0 Å². The molecule has 354 valence electrons. The van der Waals surface area contributed by atoms with Gasteiger partial charge in [0.1, 0.15) is 0 Å². The summed E-state index contributed by atoms with van der Waals surface area (Å²) in [6, 6.07) is 56.2. The average molecular weight is 910 g/mol. The SMILES string of the molecule is CCc1cccc2c1N(c1ccccc1C(C)(C)CC)c1cc(N(c3ccccc3C(C)(C)C)c3ccccc3C(C)(C)C)cc3c1B2c1cccc(C(C)(C)C)c1N3c1ccccc1C(C)(C)C. The summed E-state index contributed by atoms with van der Waals surface area (Å²) in [6.45, 7) is 37.9. The quantitative estimate of drug-likeness (QED) is 0.141. The van der Waals surface area contributed by atoms with Gasteiger partial charge in [-0.1, -0.05) is 220 Å². The Hall–Kier alpha value is -6.00. The Morgan fingerprint density at radius 1 is 0.406 bits per heavy atom. The van der Waals surface area contributed by atoms with Crippen LogP contribution in [0.2, 0.25) is 0 Å². The van der Waals surface area contributed by atoms with Gasteiger partial charge in [0.05, 0.1) is 5.69 Å². The van der Waals surface area contributed by atoms with Crippen LogP contribution >= 0.6 is 0 Å². The molecule has 9 rings (SSSR count). The molecule has 0 bridgehead atoms. The Labute approximate surface area is 416 Å². The predicted octanol–water partition coefficient (Wildman–Crippen LogP) is 16.7. The van der Waals surface area contributed by atoms with Crippen molar-refractivity contribution in [2.45, 2.75) is 151 Å². The maximum atomic E-state index is 2.70. The van der Waals surface area contributed by atoms with Crippen LogP contribution in [0.5, 0.6) is 0 Å². The van der Waals surface area contributed by atoms with Crippen molar-refractivity contribution in [2.75, 3.05) is 14.7 Å². The number of fused-ring (bicyclic) bond motifs is 4. The predicted molar refractivity (Wildman–Crippen MR) is 303 cm³/mol. The summed E-state index contributed by atoms with van der Waals surface area (Å²) in [5, 5.41) is 0. The Balaban J connectivity index is 1.55. The highest BCUT2D eigenvalue weighted by Crippen LogP contribution is 2.54. The van der Waals surface area contributed by atoms with E-state index in [1.807, 2.05) is 0 Å². The van der Waals surface area contributed by atoms with E-state index in [0.29, 0.717) is 0 Å². The number of para-hydroxylation sites is 6. The van der Waals surface area contributed by atoms with Crippen molar-refractivity contribution in [1.29, 1.82) is 0 Å². The molecule has 4 heteroatoms. The fraction of sp³-hybridized carbons (Fsp3) is 0.354. The topological polar surface area (TPSA) is 9.72 Å². The fourth-order valence-electron chi connectivity index (χ4n) is 11.4. The van der Waals surface area contributed by atoms with Crippen molar-refractivity contribution >= 4 is 74.3 Å². The van der Waals surface area contributed by atoms with Crippen LogP contribution < -0.4 is 31.1 Å². The van der Waals surface area contributed by atoms with E-state index in [1.165, 1.54) is 95.3 Å². The van der Waals surface area contributed by atoms with Crippen molar-refractivity contribution in [3.05, 3.63) is 179 Å². The van der Waals surface area contributed by atoms with Gasteiger partial charge in [0, 0.05) is 45.5 Å². The van der Waals surface area contributed by atoms with E-state index in [1.54, 1.807) is 0 Å². The second kappa shape index (κ2) is 17.1. The highest BCUT2D eigenvalue weighted by molar-refractivity contribution is 7.00. The van der Waals surface area contributed by atoms with Gasteiger partial charge < -0.3 is 14.7 Å². The van der Waals surface area contributed by atoms with Crippen LogP contribution in [0.3, 0.4) is 0 Å². The van der Waals surface area contributed by atoms with E-state index in [4.69, 9.17) is 0 Å². The van der Waals surface area contributed by atoms with E-state index in [0.717, 1.165) is 18.5 Å². The van der Waals surface area contributed by atoms with Gasteiger partial charge in [0.25, 0.3) is 6.71 Å². The molecule has 0 aromatic heterocycles. The summed E-state index contributed by atoms with van der Waals surface area (Å²) in [7, 11) is 0. The molecule has 0 atom stereocenters. The highest BCUT2D eigenvalue weighted by Gasteiger charge is 2.47. The van der Waals surface area contributed by atoms with Crippen LogP contribution in [0, 0.1) is 0 Å². The summed E-state index contributed by atoms with van der Waals surface area (Å²) >= 11 is 0. The molecule has 7 aromatic carbocycles. The van der Waals surface area contributed by atoms with E-state index in [2.05, 4.69) is 271 Å². The second-order valence-electron chi connectivity index (χ2n) is 24.6. The lowest BCUT2D eigenvalue weighted by Gasteiger charge is -2.48. The van der Waals surface area contributed by atoms with Crippen LogP contribution in [0.1, 0.15) is 151 Å². The Morgan fingerprint density at radius 2 is 0.812 bits per heavy atom. The van der Waals surface area contributed by atoms with E-state index in [-0.39, 0.29) is 33.8 Å². The van der Waals surface area contributed by atoms with Crippen molar-refractivity contribution in [2.24, 2.45) is 0 Å². The molecule has 7 aromatic rings. The van der Waals surface area contributed by atoms with Crippen LogP contribution in [-0.2, 0) is 33.5 Å². The highest BCUT2D eigenvalue weighted by atomic mass is 15.2. The van der Waals surface area contributed by atoms with Crippen molar-refractivity contribution in [1.82, 2.24) is 0 Å². The lowest BCUT2D eigenvalue weighted by molar-refractivity contribution is 0.507. The smallest absolute Gasteiger partial charge is 0.252 e. The molecule has 0 saturated heterocycles. The van der Waals surface area contributed by atoms with Gasteiger partial charge in [0.15, 0.2) is 0 Å². The summed E-state index contributed by atoms with van der Waals surface area (Å²) < 4.78 is 0. The van der Waals surface area contributed by atoms with Crippen LogP contribution in [0.15, 0.2) is 146 Å². The maximum Gasteiger partial charge on any atom is 0.252 e. The first kappa shape index (κ1) is 48.0. The summed E-state index contributed by atoms with van der Waals surface area (Å²) in [4.78, 5) is 8.02. The van der Waals surface area contributed by atoms with Crippen LogP contribution in [0.25, 0.3) is 0 Å². The Kier molecular flexibility index (Phi) is 11.9. The number of rotatable bonds is 8. The number of benzene rings is 7. The minimum atomic E-state index is -0.152. The molecule has 0 spiro atoms. The first-order valence-corrected chi connectivity index (χ1v) is 25.7. The van der Waals surface area contributed by atoms with Gasteiger partial charge in [-0.3, -0.25) is 0 Å². The minimum Gasteiger partial charge on any atom is -0.311 e. The zero-order valence-corrected chi connectivity index (χ0v) is 44.7. The second-order valence-corrected chi connectivity index (χ2v) is 24.6. The third-order valence-electron chi connectivity index (χ3n) is 15.2. The molecule has 0 aliphatic carbocycles. The minimum absolute atomic E-state index is 0.0133. The molecule has 0 unspecified atom stereocenters. The van der Waals surface area contributed by atoms with Crippen molar-refractivity contribution < 1.29 is 0 Å². The monoisotopic (exact) mass is 910 g/mol. The normalized spacial score (nSPS) is 13.8. The average Bonchev–Trinajstić information content (AvgIpc) is 3.30. The van der Waals surface area contributed by atoms with E-state index < -0.39 is 0 Å². The number of anilines is 9.